The molecule has 0 saturated heterocycles. The van der Waals surface area contributed by atoms with Crippen LogP contribution in [0.5, 0.6) is 0 Å². The smallest absolute Gasteiger partial charge is 0.220 e. The molecule has 2 N–H and O–H groups in total. The number of carbonyl (C=O) groups is 2. The number of hydrogen-bond acceptors (Lipinski definition) is 9. The molecule has 1 rings (SSSR count). The van der Waals surface area contributed by atoms with Crippen LogP contribution in [0.25, 0.3) is 0 Å². The first-order valence-corrected chi connectivity index (χ1v) is 15.5. The zero-order chi connectivity index (χ0) is 28.1. The Kier molecular flexibility index (Phi) is 18.7. The van der Waals surface area contributed by atoms with Crippen molar-refractivity contribution >= 4 is 33.4 Å². The summed E-state index contributed by atoms with van der Waals surface area (Å²) in [5.41, 5.74) is -0.679. The van der Waals surface area contributed by atoms with Crippen LogP contribution < -0.4 is 10.6 Å². The largest absolute Gasteiger partial charge is 0.382 e. The molecule has 0 unspecified atom stereocenters. The SMILES string of the molecule is COCCOCCNC(=O)CCCC(C)(C)OCCC(C)(C)OCCNC(=O)CCSSc1ccccn1. The summed E-state index contributed by atoms with van der Waals surface area (Å²) in [4.78, 5) is 28.2. The van der Waals surface area contributed by atoms with Gasteiger partial charge in [-0.25, -0.2) is 4.98 Å². The fourth-order valence-corrected chi connectivity index (χ4v) is 5.10. The summed E-state index contributed by atoms with van der Waals surface area (Å²) >= 11 is 0. The predicted octanol–water partition coefficient (Wildman–Crippen LogP) is 4.26. The fourth-order valence-electron chi connectivity index (χ4n) is 3.23. The second-order valence-electron chi connectivity index (χ2n) is 9.95. The minimum atomic E-state index is -0.360. The first-order chi connectivity index (χ1) is 18.1. The maximum atomic E-state index is 12.0. The standard InChI is InChI=1S/C27H47N3O6S2/c1-26(2,12-8-9-23(31)28-15-18-34-21-20-33-5)35-17-13-27(3,4)36-19-16-29-24(32)11-22-37-38-25-10-6-7-14-30-25/h6-7,10,14H,8-9,11-13,15-22H2,1-5H3,(H,28,31)(H,29,32). The zero-order valence-electron chi connectivity index (χ0n) is 23.7. The molecular weight excluding hydrogens is 526 g/mol. The molecule has 0 aliphatic heterocycles. The van der Waals surface area contributed by atoms with Gasteiger partial charge in [0, 0.05) is 45.0 Å². The average molecular weight is 574 g/mol. The molecule has 2 amide bonds. The van der Waals surface area contributed by atoms with Gasteiger partial charge in [0.15, 0.2) is 0 Å². The molecule has 1 heterocycles. The first kappa shape index (κ1) is 34.7. The van der Waals surface area contributed by atoms with Crippen LogP contribution in [0, 0.1) is 0 Å². The minimum absolute atomic E-state index is 0.0229. The van der Waals surface area contributed by atoms with Gasteiger partial charge in [0.25, 0.3) is 0 Å². The quantitative estimate of drug-likeness (QED) is 0.147. The molecular formula is C27H47N3O6S2. The van der Waals surface area contributed by atoms with E-state index >= 15 is 0 Å². The van der Waals surface area contributed by atoms with E-state index in [0.29, 0.717) is 59.0 Å². The second-order valence-corrected chi connectivity index (χ2v) is 12.4. The molecule has 0 fully saturated rings. The predicted molar refractivity (Wildman–Crippen MR) is 154 cm³/mol. The number of methoxy groups -OCH3 is 1. The van der Waals surface area contributed by atoms with Gasteiger partial charge in [-0.3, -0.25) is 9.59 Å². The van der Waals surface area contributed by atoms with Crippen molar-refractivity contribution in [3.8, 4) is 0 Å². The van der Waals surface area contributed by atoms with E-state index in [-0.39, 0.29) is 23.0 Å². The summed E-state index contributed by atoms with van der Waals surface area (Å²) in [5.74, 6) is 0.774. The summed E-state index contributed by atoms with van der Waals surface area (Å²) < 4.78 is 22.3. The Morgan fingerprint density at radius 1 is 0.868 bits per heavy atom. The van der Waals surface area contributed by atoms with Gasteiger partial charge < -0.3 is 29.6 Å². The highest BCUT2D eigenvalue weighted by atomic mass is 33.1. The van der Waals surface area contributed by atoms with E-state index in [1.807, 2.05) is 45.9 Å². The fraction of sp³-hybridized carbons (Fsp3) is 0.741. The van der Waals surface area contributed by atoms with Crippen LogP contribution in [-0.2, 0) is 28.5 Å². The van der Waals surface area contributed by atoms with Gasteiger partial charge in [0.05, 0.1) is 44.2 Å². The van der Waals surface area contributed by atoms with Gasteiger partial charge >= 0.3 is 0 Å². The molecule has 0 saturated carbocycles. The van der Waals surface area contributed by atoms with Crippen molar-refractivity contribution in [2.75, 3.05) is 59.0 Å². The highest BCUT2D eigenvalue weighted by Crippen LogP contribution is 2.29. The Hall–Kier alpha value is -1.37. The van der Waals surface area contributed by atoms with E-state index in [0.717, 1.165) is 30.0 Å². The summed E-state index contributed by atoms with van der Waals surface area (Å²) in [6.45, 7) is 11.7. The Morgan fingerprint density at radius 2 is 1.55 bits per heavy atom. The molecule has 0 aromatic carbocycles. The van der Waals surface area contributed by atoms with Gasteiger partial charge in [-0.1, -0.05) is 16.9 Å². The van der Waals surface area contributed by atoms with E-state index in [1.165, 1.54) is 0 Å². The number of ether oxygens (including phenoxy) is 4. The molecule has 38 heavy (non-hydrogen) atoms. The maximum absolute atomic E-state index is 12.0. The van der Waals surface area contributed by atoms with Crippen molar-refractivity contribution in [1.29, 1.82) is 0 Å². The third-order valence-electron chi connectivity index (χ3n) is 5.49. The number of aromatic nitrogens is 1. The molecule has 0 spiro atoms. The van der Waals surface area contributed by atoms with Crippen molar-refractivity contribution < 1.29 is 28.5 Å². The lowest BCUT2D eigenvalue weighted by Gasteiger charge is -2.30. The van der Waals surface area contributed by atoms with Crippen molar-refractivity contribution in [3.05, 3.63) is 24.4 Å². The lowest BCUT2D eigenvalue weighted by Crippen LogP contribution is -2.34. The number of amides is 2. The zero-order valence-corrected chi connectivity index (χ0v) is 25.3. The average Bonchev–Trinajstić information content (AvgIpc) is 2.87. The molecule has 0 atom stereocenters. The lowest BCUT2D eigenvalue weighted by molar-refractivity contribution is -0.122. The molecule has 0 aliphatic carbocycles. The molecule has 0 bridgehead atoms. The number of pyridine rings is 1. The first-order valence-electron chi connectivity index (χ1n) is 13.2. The third kappa shape index (κ3) is 19.7. The van der Waals surface area contributed by atoms with Crippen molar-refractivity contribution in [2.24, 2.45) is 0 Å². The van der Waals surface area contributed by atoms with Crippen molar-refractivity contribution in [3.63, 3.8) is 0 Å². The molecule has 9 nitrogen and oxygen atoms in total. The highest BCUT2D eigenvalue weighted by Gasteiger charge is 2.23. The van der Waals surface area contributed by atoms with Crippen LogP contribution in [0.3, 0.4) is 0 Å². The van der Waals surface area contributed by atoms with Gasteiger partial charge in [0.2, 0.25) is 11.8 Å². The lowest BCUT2D eigenvalue weighted by atomic mass is 10.0. The highest BCUT2D eigenvalue weighted by molar-refractivity contribution is 8.76. The van der Waals surface area contributed by atoms with E-state index in [1.54, 1.807) is 34.9 Å². The molecule has 11 heteroatoms. The van der Waals surface area contributed by atoms with Gasteiger partial charge in [0.1, 0.15) is 5.03 Å². The van der Waals surface area contributed by atoms with Gasteiger partial charge in [-0.15, -0.1) is 0 Å². The van der Waals surface area contributed by atoms with E-state index in [2.05, 4.69) is 15.6 Å². The summed E-state index contributed by atoms with van der Waals surface area (Å²) in [5, 5.41) is 6.72. The van der Waals surface area contributed by atoms with Crippen LogP contribution >= 0.6 is 21.6 Å². The molecule has 0 aliphatic rings. The summed E-state index contributed by atoms with van der Waals surface area (Å²) in [6, 6.07) is 5.79. The Bertz CT molecular complexity index is 768. The minimum Gasteiger partial charge on any atom is -0.382 e. The topological polar surface area (TPSA) is 108 Å². The van der Waals surface area contributed by atoms with Gasteiger partial charge in [-0.05, 0) is 69.9 Å². The van der Waals surface area contributed by atoms with Gasteiger partial charge in [-0.2, -0.15) is 0 Å². The summed E-state index contributed by atoms with van der Waals surface area (Å²) in [7, 11) is 4.83. The van der Waals surface area contributed by atoms with Crippen LogP contribution in [0.4, 0.5) is 0 Å². The second kappa shape index (κ2) is 20.5. The van der Waals surface area contributed by atoms with Crippen LogP contribution in [0.1, 0.15) is 59.8 Å². The molecule has 218 valence electrons. The van der Waals surface area contributed by atoms with Crippen LogP contribution in [0.2, 0.25) is 0 Å². The molecule has 0 radical (unpaired) electrons. The van der Waals surface area contributed by atoms with Crippen molar-refractivity contribution in [1.82, 2.24) is 15.6 Å². The van der Waals surface area contributed by atoms with Crippen LogP contribution in [0.15, 0.2) is 29.4 Å². The molecule has 1 aromatic heterocycles. The number of carbonyl (C=O) groups excluding carboxylic acids is 2. The van der Waals surface area contributed by atoms with E-state index in [9.17, 15) is 9.59 Å². The third-order valence-corrected chi connectivity index (χ3v) is 7.76. The van der Waals surface area contributed by atoms with E-state index in [4.69, 9.17) is 18.9 Å². The normalized spacial score (nSPS) is 11.9. The Morgan fingerprint density at radius 3 is 2.26 bits per heavy atom. The van der Waals surface area contributed by atoms with Crippen LogP contribution in [-0.4, -0.2) is 87.0 Å². The van der Waals surface area contributed by atoms with Crippen molar-refractivity contribution in [2.45, 2.75) is 76.0 Å². The number of hydrogen-bond donors (Lipinski definition) is 2. The van der Waals surface area contributed by atoms with E-state index < -0.39 is 0 Å². The Labute approximate surface area is 236 Å². The maximum Gasteiger partial charge on any atom is 0.220 e. The number of nitrogens with zero attached hydrogens (tertiary/aromatic N) is 1. The Balaban J connectivity index is 2.06. The monoisotopic (exact) mass is 573 g/mol. The molecule has 1 aromatic rings. The number of rotatable bonds is 23. The summed E-state index contributed by atoms with van der Waals surface area (Å²) in [6.07, 6.45) is 4.96. The number of nitrogens with one attached hydrogen (secondary N) is 2.